The molecule has 0 fully saturated rings. The third-order valence-electron chi connectivity index (χ3n) is 5.82. The standard InChI is InChI=1S/C25H16F5N5O2/c1-12-14(25(28,29)30)11-32-24(37-19-5-4-15(26)22(27)13(19)2)20(12)17-10-18(36)21-16(34-17)6-8-31-23(21)35-9-3-7-33-35/h3-11H,1-2H3,(H,34,36). The molecule has 0 unspecified atom stereocenters. The summed E-state index contributed by atoms with van der Waals surface area (Å²) in [7, 11) is 0. The van der Waals surface area contributed by atoms with Gasteiger partial charge in [-0.25, -0.2) is 23.4 Å². The fourth-order valence-electron chi connectivity index (χ4n) is 3.99. The Hall–Kier alpha value is -4.61. The van der Waals surface area contributed by atoms with Crippen LogP contribution in [0.3, 0.4) is 0 Å². The quantitative estimate of drug-likeness (QED) is 0.304. The van der Waals surface area contributed by atoms with Crippen molar-refractivity contribution in [1.82, 2.24) is 24.7 Å². The van der Waals surface area contributed by atoms with Crippen LogP contribution in [0.2, 0.25) is 0 Å². The van der Waals surface area contributed by atoms with Crippen molar-refractivity contribution in [2.45, 2.75) is 20.0 Å². The van der Waals surface area contributed by atoms with Crippen LogP contribution in [0.4, 0.5) is 22.0 Å². The van der Waals surface area contributed by atoms with Crippen molar-refractivity contribution in [2.75, 3.05) is 0 Å². The molecule has 5 aromatic rings. The van der Waals surface area contributed by atoms with E-state index in [1.807, 2.05) is 0 Å². The summed E-state index contributed by atoms with van der Waals surface area (Å²) in [6.07, 6.45) is 0.341. The number of rotatable bonds is 4. The largest absolute Gasteiger partial charge is 0.438 e. The Balaban J connectivity index is 1.75. The topological polar surface area (TPSA) is 85.7 Å². The molecule has 12 heteroatoms. The van der Waals surface area contributed by atoms with E-state index < -0.39 is 28.8 Å². The molecule has 0 aliphatic heterocycles. The van der Waals surface area contributed by atoms with Gasteiger partial charge in [-0.05, 0) is 43.7 Å². The van der Waals surface area contributed by atoms with Crippen LogP contribution in [0.15, 0.2) is 59.9 Å². The molecule has 4 aromatic heterocycles. The smallest absolute Gasteiger partial charge is 0.418 e. The summed E-state index contributed by atoms with van der Waals surface area (Å²) in [5, 5.41) is 4.24. The second-order valence-electron chi connectivity index (χ2n) is 8.12. The Morgan fingerprint density at radius 1 is 1.03 bits per heavy atom. The van der Waals surface area contributed by atoms with Crippen LogP contribution in [0.1, 0.15) is 16.7 Å². The summed E-state index contributed by atoms with van der Waals surface area (Å²) in [6, 6.07) is 6.20. The molecule has 0 atom stereocenters. The predicted molar refractivity (Wildman–Crippen MR) is 124 cm³/mol. The zero-order chi connectivity index (χ0) is 26.5. The van der Waals surface area contributed by atoms with Gasteiger partial charge >= 0.3 is 6.18 Å². The molecule has 7 nitrogen and oxygen atoms in total. The van der Waals surface area contributed by atoms with Gasteiger partial charge in [-0.2, -0.15) is 18.3 Å². The van der Waals surface area contributed by atoms with Gasteiger partial charge in [0.2, 0.25) is 5.88 Å². The lowest BCUT2D eigenvalue weighted by atomic mass is 10.0. The number of alkyl halides is 3. The minimum Gasteiger partial charge on any atom is -0.438 e. The summed E-state index contributed by atoms with van der Waals surface area (Å²) >= 11 is 0. The van der Waals surface area contributed by atoms with Crippen LogP contribution in [-0.4, -0.2) is 24.7 Å². The summed E-state index contributed by atoms with van der Waals surface area (Å²) < 4.78 is 76.0. The van der Waals surface area contributed by atoms with Crippen molar-refractivity contribution >= 4 is 10.9 Å². The van der Waals surface area contributed by atoms with Crippen LogP contribution in [0.25, 0.3) is 28.0 Å². The monoisotopic (exact) mass is 513 g/mol. The van der Waals surface area contributed by atoms with Crippen molar-refractivity contribution in [3.63, 3.8) is 0 Å². The van der Waals surface area contributed by atoms with Crippen LogP contribution < -0.4 is 10.2 Å². The number of halogens is 5. The predicted octanol–water partition coefficient (Wildman–Crippen LogP) is 5.88. The average molecular weight is 513 g/mol. The summed E-state index contributed by atoms with van der Waals surface area (Å²) in [6.45, 7) is 2.46. The number of ether oxygens (including phenoxy) is 1. The van der Waals surface area contributed by atoms with Crippen LogP contribution in [0, 0.1) is 25.5 Å². The molecular weight excluding hydrogens is 497 g/mol. The van der Waals surface area contributed by atoms with E-state index in [1.165, 1.54) is 37.0 Å². The van der Waals surface area contributed by atoms with Crippen LogP contribution in [-0.2, 0) is 6.18 Å². The van der Waals surface area contributed by atoms with Gasteiger partial charge in [0.15, 0.2) is 22.9 Å². The summed E-state index contributed by atoms with van der Waals surface area (Å²) in [5.41, 5.74) is -2.01. The molecule has 0 aliphatic carbocycles. The van der Waals surface area contributed by atoms with Crippen molar-refractivity contribution in [3.05, 3.63) is 93.7 Å². The molecule has 1 aromatic carbocycles. The Bertz CT molecular complexity index is 1710. The molecule has 4 heterocycles. The van der Waals surface area contributed by atoms with Crippen molar-refractivity contribution < 1.29 is 26.7 Å². The number of pyridine rings is 3. The zero-order valence-corrected chi connectivity index (χ0v) is 19.2. The van der Waals surface area contributed by atoms with Gasteiger partial charge in [0, 0.05) is 36.4 Å². The Morgan fingerprint density at radius 3 is 2.51 bits per heavy atom. The maximum absolute atomic E-state index is 14.1. The molecule has 5 rings (SSSR count). The number of H-pyrrole nitrogens is 1. The Kier molecular flexibility index (Phi) is 5.73. The molecule has 37 heavy (non-hydrogen) atoms. The maximum Gasteiger partial charge on any atom is 0.418 e. The average Bonchev–Trinajstić information content (AvgIpc) is 3.38. The van der Waals surface area contributed by atoms with Gasteiger partial charge in [0.25, 0.3) is 0 Å². The minimum atomic E-state index is -4.75. The number of fused-ring (bicyclic) bond motifs is 1. The molecule has 0 radical (unpaired) electrons. The fourth-order valence-corrected chi connectivity index (χ4v) is 3.99. The molecule has 0 amide bonds. The number of aromatic nitrogens is 5. The van der Waals surface area contributed by atoms with Crippen molar-refractivity contribution in [2.24, 2.45) is 0 Å². The van der Waals surface area contributed by atoms with Crippen LogP contribution >= 0.6 is 0 Å². The Labute approximate surface area is 205 Å². The first-order valence-corrected chi connectivity index (χ1v) is 10.8. The molecule has 0 saturated heterocycles. The first-order chi connectivity index (χ1) is 17.6. The highest BCUT2D eigenvalue weighted by atomic mass is 19.4. The zero-order valence-electron chi connectivity index (χ0n) is 19.2. The first-order valence-electron chi connectivity index (χ1n) is 10.8. The summed E-state index contributed by atoms with van der Waals surface area (Å²) in [4.78, 5) is 24.2. The highest BCUT2D eigenvalue weighted by Crippen LogP contribution is 2.41. The van der Waals surface area contributed by atoms with E-state index in [4.69, 9.17) is 4.74 Å². The number of aromatic amines is 1. The molecule has 1 N–H and O–H groups in total. The van der Waals surface area contributed by atoms with Gasteiger partial charge in [0.05, 0.1) is 27.7 Å². The molecule has 0 aliphatic rings. The van der Waals surface area contributed by atoms with Gasteiger partial charge in [0.1, 0.15) is 5.75 Å². The lowest BCUT2D eigenvalue weighted by molar-refractivity contribution is -0.138. The van der Waals surface area contributed by atoms with Gasteiger partial charge in [-0.1, -0.05) is 0 Å². The Morgan fingerprint density at radius 2 is 1.81 bits per heavy atom. The third kappa shape index (κ3) is 4.20. The van der Waals surface area contributed by atoms with E-state index in [1.54, 1.807) is 12.3 Å². The summed E-state index contributed by atoms with van der Waals surface area (Å²) in [5.74, 6) is -2.54. The van der Waals surface area contributed by atoms with E-state index in [2.05, 4.69) is 20.1 Å². The SMILES string of the molecule is Cc1c(Oc2ncc(C(F)(F)F)c(C)c2-c2cc(=O)c3c(-n4cccn4)nccc3[nH]2)ccc(F)c1F. The highest BCUT2D eigenvalue weighted by Gasteiger charge is 2.35. The maximum atomic E-state index is 14.1. The number of hydrogen-bond donors (Lipinski definition) is 1. The lowest BCUT2D eigenvalue weighted by Gasteiger charge is -2.18. The number of nitrogens with one attached hydrogen (secondary N) is 1. The fraction of sp³-hybridized carbons (Fsp3) is 0.120. The van der Waals surface area contributed by atoms with E-state index in [-0.39, 0.29) is 50.7 Å². The van der Waals surface area contributed by atoms with E-state index in [0.717, 1.165) is 18.2 Å². The lowest BCUT2D eigenvalue weighted by Crippen LogP contribution is -2.13. The van der Waals surface area contributed by atoms with Crippen molar-refractivity contribution in [1.29, 1.82) is 0 Å². The van der Waals surface area contributed by atoms with E-state index in [0.29, 0.717) is 6.20 Å². The third-order valence-corrected chi connectivity index (χ3v) is 5.82. The minimum absolute atomic E-state index is 0.0264. The molecule has 0 spiro atoms. The second kappa shape index (κ2) is 8.80. The highest BCUT2D eigenvalue weighted by molar-refractivity contribution is 5.88. The first kappa shape index (κ1) is 24.1. The second-order valence-corrected chi connectivity index (χ2v) is 8.12. The normalized spacial score (nSPS) is 11.8. The van der Waals surface area contributed by atoms with Gasteiger partial charge < -0.3 is 9.72 Å². The number of nitrogens with zero attached hydrogens (tertiary/aromatic N) is 4. The van der Waals surface area contributed by atoms with Crippen LogP contribution in [0.5, 0.6) is 11.6 Å². The van der Waals surface area contributed by atoms with Gasteiger partial charge in [-0.15, -0.1) is 0 Å². The molecule has 0 bridgehead atoms. The molecule has 188 valence electrons. The molecule has 0 saturated carbocycles. The number of benzene rings is 1. The van der Waals surface area contributed by atoms with E-state index in [9.17, 15) is 26.7 Å². The number of hydrogen-bond acceptors (Lipinski definition) is 5. The van der Waals surface area contributed by atoms with Crippen molar-refractivity contribution in [3.8, 4) is 28.7 Å². The van der Waals surface area contributed by atoms with Gasteiger partial charge in [-0.3, -0.25) is 4.79 Å². The molecular formula is C25H16F5N5O2. The van der Waals surface area contributed by atoms with E-state index >= 15 is 0 Å².